The van der Waals surface area contributed by atoms with Crippen LogP contribution in [-0.2, 0) is 6.42 Å². The Hall–Kier alpha value is -1.68. The summed E-state index contributed by atoms with van der Waals surface area (Å²) in [5.74, 6) is 1.93. The van der Waals surface area contributed by atoms with Gasteiger partial charge in [0.05, 0.1) is 18.3 Å². The first kappa shape index (κ1) is 12.1. The summed E-state index contributed by atoms with van der Waals surface area (Å²) in [4.78, 5) is 0. The number of hydrogen-bond donors (Lipinski definition) is 1. The minimum absolute atomic E-state index is 0.189. The lowest BCUT2D eigenvalue weighted by Gasteiger charge is -2.28. The van der Waals surface area contributed by atoms with Crippen LogP contribution in [-0.4, -0.2) is 13.2 Å². The highest BCUT2D eigenvalue weighted by molar-refractivity contribution is 9.10. The quantitative estimate of drug-likeness (QED) is 0.858. The van der Waals surface area contributed by atoms with Crippen LogP contribution in [0.1, 0.15) is 17.2 Å². The summed E-state index contributed by atoms with van der Waals surface area (Å²) < 4.78 is 12.5. The van der Waals surface area contributed by atoms with Gasteiger partial charge in [-0.2, -0.15) is 0 Å². The molecule has 0 bridgehead atoms. The minimum atomic E-state index is 0.189. The number of ether oxygens (including phenoxy) is 2. The molecule has 1 atom stereocenters. The van der Waals surface area contributed by atoms with E-state index in [2.05, 4.69) is 39.4 Å². The number of rotatable bonds is 1. The topological polar surface area (TPSA) is 30.5 Å². The molecule has 0 aliphatic carbocycles. The fraction of sp³-hybridized carbons (Fsp3) is 0.250. The highest BCUT2D eigenvalue weighted by Crippen LogP contribution is 2.37. The molecule has 0 spiro atoms. The number of benzene rings is 2. The summed E-state index contributed by atoms with van der Waals surface area (Å²) >= 11 is 3.46. The molecule has 1 N–H and O–H groups in total. The molecule has 2 aromatic carbocycles. The molecule has 2 aliphatic rings. The molecule has 4 heteroatoms. The molecular weight excluding hydrogens is 318 g/mol. The van der Waals surface area contributed by atoms with Crippen LogP contribution >= 0.6 is 15.9 Å². The summed E-state index contributed by atoms with van der Waals surface area (Å²) in [6.45, 7) is 1.44. The van der Waals surface area contributed by atoms with Crippen molar-refractivity contribution in [3.05, 3.63) is 52.0 Å². The van der Waals surface area contributed by atoms with Gasteiger partial charge in [-0.15, -0.1) is 0 Å². The summed E-state index contributed by atoms with van der Waals surface area (Å²) in [5.41, 5.74) is 3.59. The Morgan fingerprint density at radius 3 is 2.95 bits per heavy atom. The van der Waals surface area contributed by atoms with E-state index in [-0.39, 0.29) is 6.04 Å². The zero-order valence-corrected chi connectivity index (χ0v) is 12.4. The molecule has 0 saturated carbocycles. The summed E-state index contributed by atoms with van der Waals surface area (Å²) in [7, 11) is 0. The van der Waals surface area contributed by atoms with Gasteiger partial charge in [-0.05, 0) is 41.5 Å². The van der Waals surface area contributed by atoms with Gasteiger partial charge in [-0.25, -0.2) is 0 Å². The predicted molar refractivity (Wildman–Crippen MR) is 81.6 cm³/mol. The van der Waals surface area contributed by atoms with Crippen molar-refractivity contribution in [2.75, 3.05) is 18.5 Å². The predicted octanol–water partition coefficient (Wildman–Crippen LogP) is 3.93. The second kappa shape index (κ2) is 4.70. The normalized spacial score (nSPS) is 19.4. The molecule has 0 aromatic heterocycles. The first-order valence-electron chi connectivity index (χ1n) is 6.74. The summed E-state index contributed by atoms with van der Waals surface area (Å²) in [5, 5.41) is 3.54. The van der Waals surface area contributed by atoms with Crippen molar-refractivity contribution in [3.63, 3.8) is 0 Å². The third-order valence-corrected chi connectivity index (χ3v) is 4.29. The van der Waals surface area contributed by atoms with Gasteiger partial charge in [-0.1, -0.05) is 22.0 Å². The molecule has 3 nitrogen and oxygen atoms in total. The average molecular weight is 332 g/mol. The molecule has 2 aromatic rings. The number of nitrogens with one attached hydrogen (secondary N) is 1. The van der Waals surface area contributed by atoms with Crippen molar-refractivity contribution in [1.29, 1.82) is 0 Å². The van der Waals surface area contributed by atoms with Crippen LogP contribution in [0.25, 0.3) is 0 Å². The Bertz CT molecular complexity index is 672. The van der Waals surface area contributed by atoms with Crippen LogP contribution in [0.2, 0.25) is 0 Å². The van der Waals surface area contributed by atoms with Gasteiger partial charge >= 0.3 is 0 Å². The number of fused-ring (bicyclic) bond motifs is 2. The van der Waals surface area contributed by atoms with Crippen LogP contribution in [0.4, 0.5) is 5.69 Å². The van der Waals surface area contributed by atoms with E-state index in [1.165, 1.54) is 11.1 Å². The van der Waals surface area contributed by atoms with E-state index >= 15 is 0 Å². The Morgan fingerprint density at radius 1 is 1.05 bits per heavy atom. The zero-order valence-electron chi connectivity index (χ0n) is 10.9. The zero-order chi connectivity index (χ0) is 13.5. The standard InChI is InChI=1S/C16H14BrNO2/c17-12-2-3-13-16(8-12)20-9-14(18-13)10-1-4-15-11(7-10)5-6-19-15/h1-4,7-8,14,18H,5-6,9H2. The van der Waals surface area contributed by atoms with Gasteiger partial charge < -0.3 is 14.8 Å². The number of hydrogen-bond acceptors (Lipinski definition) is 3. The van der Waals surface area contributed by atoms with Gasteiger partial charge in [-0.3, -0.25) is 0 Å². The number of halogens is 1. The Balaban J connectivity index is 1.63. The highest BCUT2D eigenvalue weighted by atomic mass is 79.9. The van der Waals surface area contributed by atoms with Crippen molar-refractivity contribution in [2.24, 2.45) is 0 Å². The highest BCUT2D eigenvalue weighted by Gasteiger charge is 2.22. The van der Waals surface area contributed by atoms with Crippen LogP contribution in [0, 0.1) is 0 Å². The van der Waals surface area contributed by atoms with Gasteiger partial charge in [0.1, 0.15) is 18.1 Å². The van der Waals surface area contributed by atoms with E-state index in [0.29, 0.717) is 6.61 Å². The Morgan fingerprint density at radius 2 is 2.00 bits per heavy atom. The van der Waals surface area contributed by atoms with Crippen LogP contribution in [0.3, 0.4) is 0 Å². The molecule has 102 valence electrons. The third-order valence-electron chi connectivity index (χ3n) is 3.79. The van der Waals surface area contributed by atoms with Crippen LogP contribution in [0.5, 0.6) is 11.5 Å². The molecule has 20 heavy (non-hydrogen) atoms. The third kappa shape index (κ3) is 2.04. The summed E-state index contributed by atoms with van der Waals surface area (Å²) in [6, 6.07) is 12.7. The van der Waals surface area contributed by atoms with Gasteiger partial charge in [0.25, 0.3) is 0 Å². The molecule has 2 heterocycles. The van der Waals surface area contributed by atoms with Crippen LogP contribution < -0.4 is 14.8 Å². The average Bonchev–Trinajstić information content (AvgIpc) is 2.94. The van der Waals surface area contributed by atoms with E-state index < -0.39 is 0 Å². The lowest BCUT2D eigenvalue weighted by Crippen LogP contribution is -2.23. The number of anilines is 1. The summed E-state index contributed by atoms with van der Waals surface area (Å²) in [6.07, 6.45) is 1.00. The van der Waals surface area contributed by atoms with Crippen LogP contribution in [0.15, 0.2) is 40.9 Å². The molecule has 0 radical (unpaired) electrons. The molecule has 2 aliphatic heterocycles. The molecule has 4 rings (SSSR count). The fourth-order valence-electron chi connectivity index (χ4n) is 2.74. The van der Waals surface area contributed by atoms with Gasteiger partial charge in [0, 0.05) is 10.9 Å². The van der Waals surface area contributed by atoms with Crippen molar-refractivity contribution < 1.29 is 9.47 Å². The first-order chi connectivity index (χ1) is 9.79. The first-order valence-corrected chi connectivity index (χ1v) is 7.53. The largest absolute Gasteiger partial charge is 0.493 e. The van der Waals surface area contributed by atoms with E-state index in [9.17, 15) is 0 Å². The van der Waals surface area contributed by atoms with E-state index in [0.717, 1.165) is 34.7 Å². The van der Waals surface area contributed by atoms with Crippen molar-refractivity contribution in [3.8, 4) is 11.5 Å². The second-order valence-electron chi connectivity index (χ2n) is 5.11. The van der Waals surface area contributed by atoms with Crippen molar-refractivity contribution >= 4 is 21.6 Å². The second-order valence-corrected chi connectivity index (χ2v) is 6.03. The van der Waals surface area contributed by atoms with Gasteiger partial charge in [0.2, 0.25) is 0 Å². The van der Waals surface area contributed by atoms with E-state index in [4.69, 9.17) is 9.47 Å². The van der Waals surface area contributed by atoms with Gasteiger partial charge in [0.15, 0.2) is 0 Å². The minimum Gasteiger partial charge on any atom is -0.493 e. The Kier molecular flexibility index (Phi) is 2.84. The maximum atomic E-state index is 5.87. The van der Waals surface area contributed by atoms with E-state index in [1.54, 1.807) is 0 Å². The molecule has 0 amide bonds. The lowest BCUT2D eigenvalue weighted by atomic mass is 10.0. The monoisotopic (exact) mass is 331 g/mol. The fourth-order valence-corrected chi connectivity index (χ4v) is 3.08. The SMILES string of the molecule is Brc1ccc2c(c1)OCC(c1ccc3c(c1)CCO3)N2. The Labute approximate surface area is 126 Å². The molecule has 0 fully saturated rings. The smallest absolute Gasteiger partial charge is 0.143 e. The molecule has 0 saturated heterocycles. The lowest BCUT2D eigenvalue weighted by molar-refractivity contribution is 0.286. The molecule has 1 unspecified atom stereocenters. The van der Waals surface area contributed by atoms with E-state index in [1.807, 2.05) is 18.2 Å². The van der Waals surface area contributed by atoms with Crippen molar-refractivity contribution in [2.45, 2.75) is 12.5 Å². The van der Waals surface area contributed by atoms with Crippen molar-refractivity contribution in [1.82, 2.24) is 0 Å². The maximum Gasteiger partial charge on any atom is 0.143 e. The molecular formula is C16H14BrNO2. The maximum absolute atomic E-state index is 5.87.